The van der Waals surface area contributed by atoms with Crippen molar-refractivity contribution in [3.05, 3.63) is 35.9 Å². The number of hydrogen-bond donors (Lipinski definition) is 2. The first kappa shape index (κ1) is 33.5. The Morgan fingerprint density at radius 3 is 2.47 bits per heavy atom. The van der Waals surface area contributed by atoms with E-state index in [1.54, 1.807) is 0 Å². The molecule has 2 bridgehead atoms. The summed E-state index contributed by atoms with van der Waals surface area (Å²) in [5.74, 6) is 2.53. The van der Waals surface area contributed by atoms with Crippen molar-refractivity contribution < 1.29 is 4.79 Å². The number of hydrogen-bond acceptors (Lipinski definition) is 4. The van der Waals surface area contributed by atoms with Crippen molar-refractivity contribution in [3.8, 4) is 0 Å². The van der Waals surface area contributed by atoms with E-state index in [0.29, 0.717) is 18.5 Å². The topological polar surface area (TPSA) is 47.6 Å². The van der Waals surface area contributed by atoms with Gasteiger partial charge in [0.15, 0.2) is 0 Å². The summed E-state index contributed by atoms with van der Waals surface area (Å²) >= 11 is 0. The van der Waals surface area contributed by atoms with Gasteiger partial charge in [0.25, 0.3) is 0 Å². The first-order valence-corrected chi connectivity index (χ1v) is 13.6. The second kappa shape index (κ2) is 17.1. The van der Waals surface area contributed by atoms with Crippen LogP contribution in [0.5, 0.6) is 0 Å². The summed E-state index contributed by atoms with van der Waals surface area (Å²) in [5.41, 5.74) is 1.42. The van der Waals surface area contributed by atoms with Crippen molar-refractivity contribution in [3.63, 3.8) is 0 Å². The van der Waals surface area contributed by atoms with E-state index in [1.807, 2.05) is 0 Å². The van der Waals surface area contributed by atoms with Crippen LogP contribution in [0, 0.1) is 17.8 Å². The van der Waals surface area contributed by atoms with Crippen LogP contribution in [0.25, 0.3) is 0 Å². The largest absolute Gasteiger partial charge is 0.356 e. The predicted octanol–water partition coefficient (Wildman–Crippen LogP) is 5.16. The molecular formula is C28H49Cl3N4O. The highest BCUT2D eigenvalue weighted by molar-refractivity contribution is 5.86. The van der Waals surface area contributed by atoms with Gasteiger partial charge >= 0.3 is 0 Å². The van der Waals surface area contributed by atoms with Crippen LogP contribution in [0.1, 0.15) is 64.4 Å². The predicted molar refractivity (Wildman–Crippen MR) is 158 cm³/mol. The molecule has 4 rings (SSSR count). The van der Waals surface area contributed by atoms with Crippen molar-refractivity contribution in [1.29, 1.82) is 0 Å². The molecule has 36 heavy (non-hydrogen) atoms. The van der Waals surface area contributed by atoms with Crippen molar-refractivity contribution in [2.24, 2.45) is 17.8 Å². The normalized spacial score (nSPS) is 24.8. The molecule has 0 aromatic heterocycles. The molecule has 3 aliphatic rings. The van der Waals surface area contributed by atoms with E-state index in [9.17, 15) is 4.79 Å². The number of amides is 1. The number of nitrogens with one attached hydrogen (secondary N) is 2. The number of rotatable bonds is 10. The molecule has 0 saturated carbocycles. The highest BCUT2D eigenvalue weighted by Gasteiger charge is 2.36. The van der Waals surface area contributed by atoms with Crippen LogP contribution in [0.15, 0.2) is 30.3 Å². The standard InChI is InChI=1S/C28H46N4O.3ClH/c1-22(2)32-15-12-23(13-16-32)11-14-29-28(33)10-6-9-27-26-17-25(18-30-27)20-31(21-26)19-24-7-4-3-5-8-24;;;/h3-5,7-8,22-23,25-27,30H,6,9-21H2,1-2H3,(H,29,33);3*1H/t25-,26-,27+;;;/m0.../s1. The zero-order chi connectivity index (χ0) is 23.0. The zero-order valence-corrected chi connectivity index (χ0v) is 24.6. The Bertz CT molecular complexity index is 731. The third kappa shape index (κ3) is 10.3. The van der Waals surface area contributed by atoms with E-state index in [2.05, 4.69) is 64.6 Å². The number of carbonyl (C=O) groups is 1. The van der Waals surface area contributed by atoms with Crippen LogP contribution in [-0.2, 0) is 11.3 Å². The number of fused-ring (bicyclic) bond motifs is 2. The van der Waals surface area contributed by atoms with E-state index < -0.39 is 0 Å². The van der Waals surface area contributed by atoms with E-state index >= 15 is 0 Å². The molecule has 0 spiro atoms. The van der Waals surface area contributed by atoms with Gasteiger partial charge in [-0.25, -0.2) is 0 Å². The summed E-state index contributed by atoms with van der Waals surface area (Å²) in [5, 5.41) is 7.01. The first-order valence-electron chi connectivity index (χ1n) is 13.6. The fourth-order valence-corrected chi connectivity index (χ4v) is 6.33. The monoisotopic (exact) mass is 562 g/mol. The molecule has 208 valence electrons. The molecule has 3 atom stereocenters. The number of benzene rings is 1. The minimum absolute atomic E-state index is 0. The lowest BCUT2D eigenvalue weighted by atomic mass is 9.79. The number of likely N-dealkylation sites (tertiary alicyclic amines) is 2. The molecule has 1 aromatic carbocycles. The first-order chi connectivity index (χ1) is 16.1. The Labute approximate surface area is 238 Å². The van der Waals surface area contributed by atoms with Gasteiger partial charge in [-0.1, -0.05) is 30.3 Å². The van der Waals surface area contributed by atoms with Crippen molar-refractivity contribution >= 4 is 43.1 Å². The summed E-state index contributed by atoms with van der Waals surface area (Å²) in [6.07, 6.45) is 7.85. The van der Waals surface area contributed by atoms with E-state index in [1.165, 1.54) is 51.0 Å². The van der Waals surface area contributed by atoms with Gasteiger partial charge in [0.05, 0.1) is 0 Å². The molecule has 2 N–H and O–H groups in total. The Morgan fingerprint density at radius 1 is 1.06 bits per heavy atom. The van der Waals surface area contributed by atoms with E-state index in [4.69, 9.17) is 0 Å². The number of nitrogens with zero attached hydrogens (tertiary/aromatic N) is 2. The number of carbonyl (C=O) groups excluding carboxylic acids is 1. The van der Waals surface area contributed by atoms with Crippen molar-refractivity contribution in [2.45, 2.75) is 77.4 Å². The highest BCUT2D eigenvalue weighted by atomic mass is 35.5. The Hall–Kier alpha value is -0.560. The Morgan fingerprint density at radius 2 is 1.78 bits per heavy atom. The molecule has 1 amide bonds. The minimum atomic E-state index is 0. The Balaban J connectivity index is 0.00000216. The average Bonchev–Trinajstić information content (AvgIpc) is 2.81. The summed E-state index contributed by atoms with van der Waals surface area (Å²) in [7, 11) is 0. The van der Waals surface area contributed by atoms with Crippen LogP contribution in [0.3, 0.4) is 0 Å². The quantitative estimate of drug-likeness (QED) is 0.413. The molecule has 3 saturated heterocycles. The molecule has 0 radical (unpaired) electrons. The van der Waals surface area contributed by atoms with Gasteiger partial charge < -0.3 is 15.5 Å². The fourth-order valence-electron chi connectivity index (χ4n) is 6.33. The van der Waals surface area contributed by atoms with E-state index in [-0.39, 0.29) is 43.1 Å². The summed E-state index contributed by atoms with van der Waals surface area (Å²) in [6, 6.07) is 12.1. The fraction of sp³-hybridized carbons (Fsp3) is 0.750. The maximum absolute atomic E-state index is 12.4. The molecular weight excluding hydrogens is 515 g/mol. The maximum atomic E-state index is 12.4. The van der Waals surface area contributed by atoms with Crippen LogP contribution in [0.4, 0.5) is 0 Å². The molecule has 8 heteroatoms. The van der Waals surface area contributed by atoms with Crippen LogP contribution in [-0.4, -0.2) is 67.1 Å². The van der Waals surface area contributed by atoms with Crippen LogP contribution < -0.4 is 10.6 Å². The zero-order valence-electron chi connectivity index (χ0n) is 22.2. The SMILES string of the molecule is CC(C)N1CCC(CCNC(=O)CCC[C@H]2NC[C@@H]3C[C@H]2CN(Cc2ccccc2)C3)CC1.Cl.Cl.Cl. The van der Waals surface area contributed by atoms with Gasteiger partial charge in [-0.05, 0) is 95.3 Å². The van der Waals surface area contributed by atoms with E-state index in [0.717, 1.165) is 56.7 Å². The van der Waals surface area contributed by atoms with Gasteiger partial charge in [-0.15, -0.1) is 37.2 Å². The maximum Gasteiger partial charge on any atom is 0.219 e. The second-order valence-electron chi connectivity index (χ2n) is 11.2. The van der Waals surface area contributed by atoms with Gasteiger partial charge in [-0.3, -0.25) is 9.69 Å². The van der Waals surface area contributed by atoms with Crippen molar-refractivity contribution in [1.82, 2.24) is 20.4 Å². The number of piperidine rings is 3. The third-order valence-electron chi connectivity index (χ3n) is 8.31. The smallest absolute Gasteiger partial charge is 0.219 e. The minimum Gasteiger partial charge on any atom is -0.356 e. The van der Waals surface area contributed by atoms with Gasteiger partial charge in [-0.2, -0.15) is 0 Å². The third-order valence-corrected chi connectivity index (χ3v) is 8.31. The lowest BCUT2D eigenvalue weighted by molar-refractivity contribution is -0.121. The molecule has 5 nitrogen and oxygen atoms in total. The molecule has 1 aromatic rings. The summed E-state index contributed by atoms with van der Waals surface area (Å²) in [6.45, 7) is 12.5. The Kier molecular flexibility index (Phi) is 15.9. The number of halogens is 3. The van der Waals surface area contributed by atoms with Gasteiger partial charge in [0.1, 0.15) is 0 Å². The van der Waals surface area contributed by atoms with Crippen LogP contribution in [0.2, 0.25) is 0 Å². The molecule has 3 heterocycles. The lowest BCUT2D eigenvalue weighted by Gasteiger charge is -2.46. The highest BCUT2D eigenvalue weighted by Crippen LogP contribution is 2.31. The lowest BCUT2D eigenvalue weighted by Crippen LogP contribution is -2.55. The molecule has 3 fully saturated rings. The van der Waals surface area contributed by atoms with Crippen molar-refractivity contribution in [2.75, 3.05) is 39.3 Å². The summed E-state index contributed by atoms with van der Waals surface area (Å²) < 4.78 is 0. The molecule has 3 aliphatic heterocycles. The molecule has 0 unspecified atom stereocenters. The second-order valence-corrected chi connectivity index (χ2v) is 11.2. The molecule has 0 aliphatic carbocycles. The average molecular weight is 564 g/mol. The van der Waals surface area contributed by atoms with Gasteiger partial charge in [0.2, 0.25) is 5.91 Å². The summed E-state index contributed by atoms with van der Waals surface area (Å²) in [4.78, 5) is 17.6. The van der Waals surface area contributed by atoms with Crippen LogP contribution >= 0.6 is 37.2 Å². The van der Waals surface area contributed by atoms with Gasteiger partial charge in [0, 0.05) is 44.7 Å².